The van der Waals surface area contributed by atoms with Gasteiger partial charge in [0.05, 0.1) is 0 Å². The summed E-state index contributed by atoms with van der Waals surface area (Å²) in [7, 11) is 0. The molecule has 26 heavy (non-hydrogen) atoms. The van der Waals surface area contributed by atoms with Gasteiger partial charge in [0.1, 0.15) is 0 Å². The van der Waals surface area contributed by atoms with Crippen molar-refractivity contribution in [3.05, 3.63) is 95.0 Å². The van der Waals surface area contributed by atoms with Gasteiger partial charge >= 0.3 is 12.0 Å². The summed E-state index contributed by atoms with van der Waals surface area (Å²) in [6.07, 6.45) is 0. The summed E-state index contributed by atoms with van der Waals surface area (Å²) in [6, 6.07) is 20.4. The monoisotopic (exact) mass is 346 g/mol. The van der Waals surface area contributed by atoms with Crippen molar-refractivity contribution in [2.45, 2.75) is 13.8 Å². The van der Waals surface area contributed by atoms with E-state index >= 15 is 0 Å². The molecule has 130 valence electrons. The Morgan fingerprint density at radius 3 is 1.73 bits per heavy atom. The van der Waals surface area contributed by atoms with Crippen molar-refractivity contribution in [1.82, 2.24) is 9.97 Å². The van der Waals surface area contributed by atoms with Gasteiger partial charge in [0.15, 0.2) is 0 Å². The van der Waals surface area contributed by atoms with Crippen LogP contribution in [-0.2, 0) is 4.79 Å². The minimum absolute atomic E-state index is 0.0178. The Hall–Kier alpha value is -3.47. The van der Waals surface area contributed by atoms with Crippen molar-refractivity contribution in [3.63, 3.8) is 0 Å². The molecule has 0 spiro atoms. The van der Waals surface area contributed by atoms with Crippen molar-refractivity contribution in [2.75, 3.05) is 0 Å². The summed E-state index contributed by atoms with van der Waals surface area (Å²) in [4.78, 5) is 20.4. The first-order valence-electron chi connectivity index (χ1n) is 8.13. The molecule has 0 unspecified atom stereocenters. The number of aryl methyl sites for hydroxylation is 2. The molecule has 0 atom stereocenters. The first-order chi connectivity index (χ1) is 12.5. The number of hydrogen-bond acceptors (Lipinski definition) is 4. The normalized spacial score (nSPS) is 10.2. The molecule has 1 aromatic heterocycles. The largest absolute Gasteiger partial charge is 0.475 e. The average molecular weight is 346 g/mol. The number of aromatic nitrogens is 2. The molecule has 1 N–H and O–H groups in total. The van der Waals surface area contributed by atoms with Gasteiger partial charge < -0.3 is 9.84 Å². The third-order valence-corrected chi connectivity index (χ3v) is 3.70. The second kappa shape index (κ2) is 7.61. The van der Waals surface area contributed by atoms with Gasteiger partial charge in [-0.3, -0.25) is 0 Å². The lowest BCUT2D eigenvalue weighted by Gasteiger charge is -2.14. The predicted octanol–water partition coefficient (Wildman–Crippen LogP) is 4.02. The highest BCUT2D eigenvalue weighted by Crippen LogP contribution is 2.28. The van der Waals surface area contributed by atoms with E-state index < -0.39 is 5.97 Å². The van der Waals surface area contributed by atoms with Crippen molar-refractivity contribution in [2.24, 2.45) is 0 Å². The topological polar surface area (TPSA) is 72.3 Å². The molecule has 0 saturated carbocycles. The molecule has 3 rings (SSSR count). The number of aliphatic carboxylic acids is 1. The second-order valence-corrected chi connectivity index (χ2v) is 5.78. The van der Waals surface area contributed by atoms with Crippen LogP contribution in [0.5, 0.6) is 6.01 Å². The molecule has 5 heteroatoms. The predicted molar refractivity (Wildman–Crippen MR) is 98.7 cm³/mol. The van der Waals surface area contributed by atoms with E-state index in [4.69, 9.17) is 4.74 Å². The lowest BCUT2D eigenvalue weighted by atomic mass is 9.96. The van der Waals surface area contributed by atoms with E-state index in [9.17, 15) is 9.90 Å². The molecule has 0 aliphatic heterocycles. The number of carboxylic acid groups (broad SMARTS) is 1. The van der Waals surface area contributed by atoms with Crippen LogP contribution >= 0.6 is 0 Å². The Bertz CT molecular complexity index is 890. The van der Waals surface area contributed by atoms with Crippen LogP contribution in [0.25, 0.3) is 5.57 Å². The van der Waals surface area contributed by atoms with Crippen LogP contribution in [0.3, 0.4) is 0 Å². The van der Waals surface area contributed by atoms with Crippen LogP contribution < -0.4 is 4.74 Å². The molecule has 0 fully saturated rings. The highest BCUT2D eigenvalue weighted by atomic mass is 16.5. The van der Waals surface area contributed by atoms with Gasteiger partial charge in [-0.1, -0.05) is 60.7 Å². The van der Waals surface area contributed by atoms with Crippen LogP contribution in [0, 0.1) is 13.8 Å². The van der Waals surface area contributed by atoms with Gasteiger partial charge in [0.2, 0.25) is 5.76 Å². The maximum absolute atomic E-state index is 12.0. The molecule has 2 aromatic carbocycles. The molecule has 0 aliphatic carbocycles. The van der Waals surface area contributed by atoms with Crippen molar-refractivity contribution < 1.29 is 14.6 Å². The molecule has 1 heterocycles. The number of carboxylic acids is 1. The van der Waals surface area contributed by atoms with Crippen LogP contribution in [0.4, 0.5) is 0 Å². The standard InChI is InChI=1S/C21H18N2O3/c1-14-13-15(2)23-21(22-14)26-19(20(24)25)18(16-9-5-3-6-10-16)17-11-7-4-8-12-17/h3-13H,1-2H3,(H,24,25). The van der Waals surface area contributed by atoms with Crippen LogP contribution in [0.1, 0.15) is 22.5 Å². The number of ether oxygens (including phenoxy) is 1. The fraction of sp³-hybridized carbons (Fsp3) is 0.0952. The Morgan fingerprint density at radius 1 is 0.846 bits per heavy atom. The minimum atomic E-state index is -1.18. The Morgan fingerprint density at radius 2 is 1.31 bits per heavy atom. The first kappa shape index (κ1) is 17.4. The van der Waals surface area contributed by atoms with Crippen molar-refractivity contribution in [1.29, 1.82) is 0 Å². The first-order valence-corrected chi connectivity index (χ1v) is 8.13. The lowest BCUT2D eigenvalue weighted by Crippen LogP contribution is -2.13. The van der Waals surface area contributed by atoms with Gasteiger partial charge in [-0.25, -0.2) is 14.8 Å². The summed E-state index contributed by atoms with van der Waals surface area (Å²) in [5, 5.41) is 9.83. The quantitative estimate of drug-likeness (QED) is 0.558. The van der Waals surface area contributed by atoms with Gasteiger partial charge in [0.25, 0.3) is 0 Å². The molecule has 5 nitrogen and oxygen atoms in total. The van der Waals surface area contributed by atoms with E-state index in [0.717, 1.165) is 11.1 Å². The second-order valence-electron chi connectivity index (χ2n) is 5.78. The molecule has 0 amide bonds. The maximum atomic E-state index is 12.0. The summed E-state index contributed by atoms with van der Waals surface area (Å²) < 4.78 is 5.67. The number of nitrogens with zero attached hydrogens (tertiary/aromatic N) is 2. The van der Waals surface area contributed by atoms with Gasteiger partial charge in [-0.2, -0.15) is 0 Å². The SMILES string of the molecule is Cc1cc(C)nc(OC(C(=O)O)=C(c2ccccc2)c2ccccc2)n1. The zero-order valence-electron chi connectivity index (χ0n) is 14.5. The van der Waals surface area contributed by atoms with Crippen molar-refractivity contribution in [3.8, 4) is 6.01 Å². The van der Waals surface area contributed by atoms with E-state index in [2.05, 4.69) is 9.97 Å². The highest BCUT2D eigenvalue weighted by molar-refractivity contribution is 5.99. The Labute approximate surface area is 151 Å². The number of hydrogen-bond donors (Lipinski definition) is 1. The summed E-state index contributed by atoms with van der Waals surface area (Å²) in [6.45, 7) is 3.61. The Balaban J connectivity index is 2.20. The summed E-state index contributed by atoms with van der Waals surface area (Å²) in [5.74, 6) is -1.40. The number of benzene rings is 2. The third-order valence-electron chi connectivity index (χ3n) is 3.70. The fourth-order valence-electron chi connectivity index (χ4n) is 2.67. The van der Waals surface area contributed by atoms with Crippen LogP contribution in [-0.4, -0.2) is 21.0 Å². The number of rotatable bonds is 5. The zero-order valence-corrected chi connectivity index (χ0v) is 14.5. The van der Waals surface area contributed by atoms with Gasteiger partial charge in [-0.15, -0.1) is 0 Å². The highest BCUT2D eigenvalue weighted by Gasteiger charge is 2.21. The third kappa shape index (κ3) is 3.95. The zero-order chi connectivity index (χ0) is 18.5. The molecule has 3 aromatic rings. The molecule has 0 saturated heterocycles. The van der Waals surface area contributed by atoms with Crippen LogP contribution in [0.2, 0.25) is 0 Å². The number of carbonyl (C=O) groups is 1. The summed E-state index contributed by atoms with van der Waals surface area (Å²) >= 11 is 0. The van der Waals surface area contributed by atoms with Crippen LogP contribution in [0.15, 0.2) is 72.5 Å². The van der Waals surface area contributed by atoms with E-state index in [1.807, 2.05) is 60.7 Å². The summed E-state index contributed by atoms with van der Waals surface area (Å²) in [5.41, 5.74) is 3.36. The minimum Gasteiger partial charge on any atom is -0.475 e. The van der Waals surface area contributed by atoms with E-state index in [1.54, 1.807) is 19.9 Å². The van der Waals surface area contributed by atoms with Gasteiger partial charge in [-0.05, 0) is 31.0 Å². The van der Waals surface area contributed by atoms with E-state index in [1.165, 1.54) is 0 Å². The maximum Gasteiger partial charge on any atom is 0.372 e. The molecular formula is C21H18N2O3. The fourth-order valence-corrected chi connectivity index (χ4v) is 2.67. The van der Waals surface area contributed by atoms with Crippen molar-refractivity contribution >= 4 is 11.5 Å². The average Bonchev–Trinajstić information content (AvgIpc) is 2.62. The van der Waals surface area contributed by atoms with E-state index in [-0.39, 0.29) is 11.8 Å². The van der Waals surface area contributed by atoms with Gasteiger partial charge in [0, 0.05) is 17.0 Å². The lowest BCUT2D eigenvalue weighted by molar-refractivity contribution is -0.135. The Kier molecular flexibility index (Phi) is 5.08. The molecule has 0 radical (unpaired) electrons. The molecular weight excluding hydrogens is 328 g/mol. The smallest absolute Gasteiger partial charge is 0.372 e. The molecule has 0 bridgehead atoms. The molecule has 0 aliphatic rings. The van der Waals surface area contributed by atoms with E-state index in [0.29, 0.717) is 17.0 Å².